The monoisotopic (exact) mass is 454 g/mol. The number of nitrogens with one attached hydrogen (secondary N) is 1. The number of nitrogens with zero attached hydrogens (tertiary/aromatic N) is 3. The van der Waals surface area contributed by atoms with Crippen molar-refractivity contribution in [3.8, 4) is 17.5 Å². The molecule has 1 aromatic heterocycles. The van der Waals surface area contributed by atoms with Gasteiger partial charge in [-0.15, -0.1) is 0 Å². The first-order chi connectivity index (χ1) is 16.3. The van der Waals surface area contributed by atoms with Crippen LogP contribution in [0.4, 0.5) is 5.69 Å². The van der Waals surface area contributed by atoms with Crippen LogP contribution < -0.4 is 15.6 Å². The molecule has 2 aromatic carbocycles. The topological polar surface area (TPSA) is 97.0 Å². The summed E-state index contributed by atoms with van der Waals surface area (Å²) in [5.41, 5.74) is 0.838. The van der Waals surface area contributed by atoms with Crippen molar-refractivity contribution in [2.45, 2.75) is 20.8 Å². The second-order valence-corrected chi connectivity index (χ2v) is 8.73. The van der Waals surface area contributed by atoms with Crippen molar-refractivity contribution in [2.75, 3.05) is 12.4 Å². The lowest BCUT2D eigenvalue weighted by molar-refractivity contribution is -0.122. The lowest BCUT2D eigenvalue weighted by Gasteiger charge is -2.33. The number of nitriles is 1. The maximum absolute atomic E-state index is 13.4. The highest BCUT2D eigenvalue weighted by Crippen LogP contribution is 2.39. The van der Waals surface area contributed by atoms with Crippen molar-refractivity contribution in [1.82, 2.24) is 9.55 Å². The van der Waals surface area contributed by atoms with Crippen molar-refractivity contribution >= 4 is 22.5 Å². The molecule has 0 aliphatic heterocycles. The zero-order chi connectivity index (χ0) is 24.5. The third-order valence-electron chi connectivity index (χ3n) is 6.29. The first-order valence-electron chi connectivity index (χ1n) is 11.1. The van der Waals surface area contributed by atoms with Crippen molar-refractivity contribution in [3.05, 3.63) is 82.9 Å². The molecule has 172 valence electrons. The van der Waals surface area contributed by atoms with E-state index < -0.39 is 11.3 Å². The number of amides is 1. The van der Waals surface area contributed by atoms with Crippen molar-refractivity contribution in [1.29, 1.82) is 5.26 Å². The highest BCUT2D eigenvalue weighted by atomic mass is 16.5. The number of methoxy groups -OCH3 is 1. The lowest BCUT2D eigenvalue weighted by atomic mass is 9.68. The van der Waals surface area contributed by atoms with Gasteiger partial charge < -0.3 is 10.1 Å². The number of aryl methyl sites for hydroxylation is 1. The number of carbonyl (C=O) groups excluding carboxylic acids is 1. The Labute approximate surface area is 198 Å². The highest BCUT2D eigenvalue weighted by Gasteiger charge is 2.45. The fourth-order valence-corrected chi connectivity index (χ4v) is 4.43. The largest absolute Gasteiger partial charge is 0.494 e. The van der Waals surface area contributed by atoms with Crippen LogP contribution >= 0.6 is 0 Å². The SMILES string of the molecule is COc1cccc2c(=O)n(-c3cc(NC(=O)C4(C#N)C=CC=CC4C(C)C)ccc3C)cnc12. The van der Waals surface area contributed by atoms with Gasteiger partial charge in [-0.25, -0.2) is 4.98 Å². The van der Waals surface area contributed by atoms with Crippen LogP contribution in [-0.2, 0) is 4.79 Å². The fourth-order valence-electron chi connectivity index (χ4n) is 4.43. The van der Waals surface area contributed by atoms with Crippen LogP contribution in [0.5, 0.6) is 5.75 Å². The standard InChI is InChI=1S/C27H26N4O3/c1-17(2)21-9-5-6-13-27(21,15-28)26(33)30-19-12-11-18(3)22(14-19)31-16-29-24-20(25(31)32)8-7-10-23(24)34-4/h5-14,16-17,21H,1-4H3,(H,30,33). The number of para-hydroxylation sites is 1. The van der Waals surface area contributed by atoms with E-state index in [0.717, 1.165) is 5.56 Å². The Balaban J connectivity index is 1.74. The van der Waals surface area contributed by atoms with Gasteiger partial charge in [0.05, 0.1) is 24.3 Å². The molecule has 3 aromatic rings. The maximum Gasteiger partial charge on any atom is 0.265 e. The van der Waals surface area contributed by atoms with Gasteiger partial charge in [-0.1, -0.05) is 50.3 Å². The number of anilines is 1. The number of hydrogen-bond acceptors (Lipinski definition) is 5. The van der Waals surface area contributed by atoms with Crippen LogP contribution in [0.3, 0.4) is 0 Å². The molecule has 2 unspecified atom stereocenters. The van der Waals surface area contributed by atoms with Gasteiger partial charge in [-0.3, -0.25) is 14.2 Å². The summed E-state index contributed by atoms with van der Waals surface area (Å²) in [6.07, 6.45) is 8.62. The zero-order valence-electron chi connectivity index (χ0n) is 19.6. The summed E-state index contributed by atoms with van der Waals surface area (Å²) in [4.78, 5) is 31.1. The minimum Gasteiger partial charge on any atom is -0.494 e. The zero-order valence-corrected chi connectivity index (χ0v) is 19.6. The van der Waals surface area contributed by atoms with E-state index >= 15 is 0 Å². The molecule has 0 radical (unpaired) electrons. The molecule has 0 spiro atoms. The van der Waals surface area contributed by atoms with E-state index in [9.17, 15) is 14.9 Å². The number of aromatic nitrogens is 2. The summed E-state index contributed by atoms with van der Waals surface area (Å²) in [7, 11) is 1.54. The molecule has 0 fully saturated rings. The van der Waals surface area contributed by atoms with Gasteiger partial charge in [0, 0.05) is 11.6 Å². The van der Waals surface area contributed by atoms with E-state index in [1.165, 1.54) is 18.0 Å². The predicted molar refractivity (Wildman–Crippen MR) is 132 cm³/mol. The molecule has 2 atom stereocenters. The average Bonchev–Trinajstić information content (AvgIpc) is 2.85. The second kappa shape index (κ2) is 8.99. The fraction of sp³-hybridized carbons (Fsp3) is 0.259. The van der Waals surface area contributed by atoms with Crippen LogP contribution in [0, 0.1) is 35.5 Å². The Kier molecular flexibility index (Phi) is 6.08. The minimum atomic E-state index is -1.31. The molecule has 1 aliphatic rings. The van der Waals surface area contributed by atoms with Gasteiger partial charge in [-0.05, 0) is 42.7 Å². The minimum absolute atomic E-state index is 0.0967. The molecule has 1 aliphatic carbocycles. The van der Waals surface area contributed by atoms with E-state index in [1.54, 1.807) is 42.5 Å². The molecule has 1 N–H and O–H groups in total. The van der Waals surface area contributed by atoms with Gasteiger partial charge in [0.2, 0.25) is 5.91 Å². The molecule has 7 heteroatoms. The predicted octanol–water partition coefficient (Wildman–Crippen LogP) is 4.55. The van der Waals surface area contributed by atoms with Crippen molar-refractivity contribution in [3.63, 3.8) is 0 Å². The molecule has 7 nitrogen and oxygen atoms in total. The van der Waals surface area contributed by atoms with E-state index in [-0.39, 0.29) is 17.4 Å². The molecular formula is C27H26N4O3. The van der Waals surface area contributed by atoms with Crippen molar-refractivity contribution < 1.29 is 9.53 Å². The van der Waals surface area contributed by atoms with Crippen molar-refractivity contribution in [2.24, 2.45) is 17.3 Å². The summed E-state index contributed by atoms with van der Waals surface area (Å²) in [6.45, 7) is 5.86. The summed E-state index contributed by atoms with van der Waals surface area (Å²) in [5.74, 6) is -0.0393. The van der Waals surface area contributed by atoms with E-state index in [4.69, 9.17) is 4.74 Å². The third kappa shape index (κ3) is 3.77. The molecule has 0 bridgehead atoms. The van der Waals surface area contributed by atoms with Gasteiger partial charge in [-0.2, -0.15) is 5.26 Å². The Morgan fingerprint density at radius 3 is 2.76 bits per heavy atom. The van der Waals surface area contributed by atoms with Gasteiger partial charge in [0.15, 0.2) is 5.41 Å². The average molecular weight is 455 g/mol. The summed E-state index contributed by atoms with van der Waals surface area (Å²) in [5, 5.41) is 13.3. The van der Waals surface area contributed by atoms with Crippen LogP contribution in [0.15, 0.2) is 71.8 Å². The molecule has 0 saturated carbocycles. The maximum atomic E-state index is 13.4. The smallest absolute Gasteiger partial charge is 0.265 e. The highest BCUT2D eigenvalue weighted by molar-refractivity contribution is 5.99. The molecule has 4 rings (SSSR count). The third-order valence-corrected chi connectivity index (χ3v) is 6.29. The second-order valence-electron chi connectivity index (χ2n) is 8.73. The summed E-state index contributed by atoms with van der Waals surface area (Å²) < 4.78 is 6.77. The molecule has 34 heavy (non-hydrogen) atoms. The number of benzene rings is 2. The van der Waals surface area contributed by atoms with Crippen LogP contribution in [0.1, 0.15) is 19.4 Å². The Bertz CT molecular complexity index is 1430. The first-order valence-corrected chi connectivity index (χ1v) is 11.1. The van der Waals surface area contributed by atoms with Crippen LogP contribution in [0.2, 0.25) is 0 Å². The van der Waals surface area contributed by atoms with Gasteiger partial charge in [0.1, 0.15) is 17.6 Å². The van der Waals surface area contributed by atoms with E-state index in [1.807, 2.05) is 39.0 Å². The Morgan fingerprint density at radius 1 is 1.26 bits per heavy atom. The van der Waals surface area contributed by atoms with E-state index in [0.29, 0.717) is 28.0 Å². The quantitative estimate of drug-likeness (QED) is 0.610. The Hall–Kier alpha value is -4.18. The number of ether oxygens (including phenoxy) is 1. The molecule has 1 heterocycles. The summed E-state index contributed by atoms with van der Waals surface area (Å²) in [6, 6.07) is 12.8. The number of allylic oxidation sites excluding steroid dienone is 3. The number of fused-ring (bicyclic) bond motifs is 1. The number of carbonyl (C=O) groups is 1. The van der Waals surface area contributed by atoms with Gasteiger partial charge >= 0.3 is 0 Å². The molecule has 1 amide bonds. The van der Waals surface area contributed by atoms with E-state index in [2.05, 4.69) is 16.4 Å². The summed E-state index contributed by atoms with van der Waals surface area (Å²) >= 11 is 0. The molecule has 0 saturated heterocycles. The van der Waals surface area contributed by atoms with Gasteiger partial charge in [0.25, 0.3) is 5.56 Å². The Morgan fingerprint density at radius 2 is 2.06 bits per heavy atom. The normalized spacial score (nSPS) is 19.2. The number of rotatable bonds is 5. The van der Waals surface area contributed by atoms with Crippen LogP contribution in [0.25, 0.3) is 16.6 Å². The lowest BCUT2D eigenvalue weighted by Crippen LogP contribution is -2.42. The first kappa shape index (κ1) is 23.0. The molecular weight excluding hydrogens is 428 g/mol. The van der Waals surface area contributed by atoms with Crippen LogP contribution in [-0.4, -0.2) is 22.6 Å². The number of hydrogen-bond donors (Lipinski definition) is 1.